The second kappa shape index (κ2) is 7.53. The summed E-state index contributed by atoms with van der Waals surface area (Å²) in [5, 5.41) is 12.8. The first kappa shape index (κ1) is 18.5. The van der Waals surface area contributed by atoms with Gasteiger partial charge in [-0.25, -0.2) is 13.7 Å². The van der Waals surface area contributed by atoms with Gasteiger partial charge in [0.15, 0.2) is 11.3 Å². The van der Waals surface area contributed by atoms with Gasteiger partial charge in [-0.3, -0.25) is 0 Å². The van der Waals surface area contributed by atoms with Gasteiger partial charge in [-0.15, -0.1) is 10.2 Å². The van der Waals surface area contributed by atoms with Gasteiger partial charge < -0.3 is 9.64 Å². The van der Waals surface area contributed by atoms with Crippen LogP contribution in [0.3, 0.4) is 0 Å². The second-order valence-corrected chi connectivity index (χ2v) is 6.14. The summed E-state index contributed by atoms with van der Waals surface area (Å²) in [6.45, 7) is 3.79. The van der Waals surface area contributed by atoms with Gasteiger partial charge >= 0.3 is 5.97 Å². The predicted octanol–water partition coefficient (Wildman–Crippen LogP) is 2.95. The minimum atomic E-state index is -0.568. The molecule has 0 unspecified atom stereocenters. The fourth-order valence-electron chi connectivity index (χ4n) is 2.69. The molecule has 0 radical (unpaired) electrons. The maximum atomic E-state index is 13.3. The summed E-state index contributed by atoms with van der Waals surface area (Å²) in [4.78, 5) is 14.1. The van der Waals surface area contributed by atoms with Gasteiger partial charge in [-0.2, -0.15) is 5.10 Å². The molecule has 0 N–H and O–H groups in total. The molecule has 0 fully saturated rings. The molecular formula is C19H20FN5O2. The van der Waals surface area contributed by atoms with Crippen LogP contribution in [-0.4, -0.2) is 51.4 Å². The van der Waals surface area contributed by atoms with E-state index >= 15 is 0 Å². The van der Waals surface area contributed by atoms with E-state index < -0.39 is 5.97 Å². The predicted molar refractivity (Wildman–Crippen MR) is 99.6 cm³/mol. The largest absolute Gasteiger partial charge is 0.461 e. The summed E-state index contributed by atoms with van der Waals surface area (Å²) >= 11 is 0. The molecule has 1 aromatic carbocycles. The highest BCUT2D eigenvalue weighted by Gasteiger charge is 2.22. The van der Waals surface area contributed by atoms with E-state index in [1.54, 1.807) is 35.8 Å². The first-order valence-corrected chi connectivity index (χ1v) is 8.46. The molecule has 0 spiro atoms. The zero-order valence-corrected chi connectivity index (χ0v) is 15.6. The minimum Gasteiger partial charge on any atom is -0.461 e. The summed E-state index contributed by atoms with van der Waals surface area (Å²) in [5.74, 6) is -0.889. The van der Waals surface area contributed by atoms with Crippen LogP contribution in [0.2, 0.25) is 0 Å². The lowest BCUT2D eigenvalue weighted by Gasteiger charge is -2.08. The molecule has 2 heterocycles. The van der Waals surface area contributed by atoms with Crippen molar-refractivity contribution in [2.24, 2.45) is 0 Å². The van der Waals surface area contributed by atoms with Crippen LogP contribution in [0, 0.1) is 12.7 Å². The highest BCUT2D eigenvalue weighted by molar-refractivity contribution is 5.91. The van der Waals surface area contributed by atoms with Crippen molar-refractivity contribution in [3.8, 4) is 11.1 Å². The summed E-state index contributed by atoms with van der Waals surface area (Å²) in [5.41, 5.74) is 3.21. The monoisotopic (exact) mass is 369 g/mol. The van der Waals surface area contributed by atoms with Crippen molar-refractivity contribution in [3.05, 3.63) is 53.4 Å². The molecule has 3 aromatic rings. The Morgan fingerprint density at radius 3 is 2.59 bits per heavy atom. The van der Waals surface area contributed by atoms with E-state index in [4.69, 9.17) is 4.74 Å². The molecule has 0 aliphatic rings. The average molecular weight is 369 g/mol. The van der Waals surface area contributed by atoms with E-state index in [1.807, 2.05) is 25.9 Å². The first-order chi connectivity index (χ1) is 12.9. The highest BCUT2D eigenvalue weighted by atomic mass is 19.1. The standard InChI is InChI=1S/C19H20FN5O2/c1-5-27-19(26)17-15(10-11-24(3)4)25-18(22-21-17)16(12(2)23-25)13-6-8-14(20)9-7-13/h6-11H,5H2,1-4H3/b11-10+. The van der Waals surface area contributed by atoms with E-state index in [0.29, 0.717) is 17.0 Å². The molecule has 0 atom stereocenters. The van der Waals surface area contributed by atoms with E-state index in [2.05, 4.69) is 15.3 Å². The molecule has 27 heavy (non-hydrogen) atoms. The molecule has 0 bridgehead atoms. The zero-order valence-electron chi connectivity index (χ0n) is 15.6. The number of carbonyl (C=O) groups excluding carboxylic acids is 1. The van der Waals surface area contributed by atoms with Gasteiger partial charge in [-0.1, -0.05) is 12.1 Å². The number of carbonyl (C=O) groups is 1. The van der Waals surface area contributed by atoms with Crippen molar-refractivity contribution in [1.82, 2.24) is 24.7 Å². The number of ether oxygens (including phenoxy) is 1. The first-order valence-electron chi connectivity index (χ1n) is 8.46. The fraction of sp³-hybridized carbons (Fsp3) is 0.263. The molecule has 8 heteroatoms. The molecule has 0 amide bonds. The van der Waals surface area contributed by atoms with Gasteiger partial charge in [0.05, 0.1) is 17.9 Å². The third-order valence-electron chi connectivity index (χ3n) is 3.88. The molecule has 3 rings (SSSR count). The van der Waals surface area contributed by atoms with Crippen LogP contribution in [0.15, 0.2) is 30.5 Å². The van der Waals surface area contributed by atoms with Crippen molar-refractivity contribution in [1.29, 1.82) is 0 Å². The lowest BCUT2D eigenvalue weighted by atomic mass is 10.1. The maximum absolute atomic E-state index is 13.3. The van der Waals surface area contributed by atoms with Gasteiger partial charge in [-0.05, 0) is 37.6 Å². The number of halogens is 1. The molecular weight excluding hydrogens is 349 g/mol. The smallest absolute Gasteiger partial charge is 0.361 e. The van der Waals surface area contributed by atoms with Crippen LogP contribution < -0.4 is 0 Å². The number of rotatable bonds is 5. The van der Waals surface area contributed by atoms with Crippen LogP contribution in [0.25, 0.3) is 22.9 Å². The maximum Gasteiger partial charge on any atom is 0.361 e. The number of esters is 1. The molecule has 140 valence electrons. The van der Waals surface area contributed by atoms with Gasteiger partial charge in [0.2, 0.25) is 0 Å². The summed E-state index contributed by atoms with van der Waals surface area (Å²) in [6, 6.07) is 6.09. The summed E-state index contributed by atoms with van der Waals surface area (Å²) in [7, 11) is 3.73. The van der Waals surface area contributed by atoms with Crippen molar-refractivity contribution >= 4 is 17.7 Å². The molecule has 0 aliphatic carbocycles. The summed E-state index contributed by atoms with van der Waals surface area (Å²) < 4.78 is 19.9. The van der Waals surface area contributed by atoms with Crippen LogP contribution in [-0.2, 0) is 4.74 Å². The third kappa shape index (κ3) is 3.64. The zero-order chi connectivity index (χ0) is 19.6. The van der Waals surface area contributed by atoms with E-state index in [1.165, 1.54) is 12.1 Å². The molecule has 0 aliphatic heterocycles. The van der Waals surface area contributed by atoms with Crippen LogP contribution in [0.1, 0.15) is 28.8 Å². The number of nitrogens with zero attached hydrogens (tertiary/aromatic N) is 5. The second-order valence-electron chi connectivity index (χ2n) is 6.14. The molecule has 2 aromatic heterocycles. The van der Waals surface area contributed by atoms with Crippen molar-refractivity contribution in [2.75, 3.05) is 20.7 Å². The van der Waals surface area contributed by atoms with Gasteiger partial charge in [0.1, 0.15) is 11.5 Å². The van der Waals surface area contributed by atoms with E-state index in [0.717, 1.165) is 11.1 Å². The highest BCUT2D eigenvalue weighted by Crippen LogP contribution is 2.28. The number of hydrogen-bond acceptors (Lipinski definition) is 6. The summed E-state index contributed by atoms with van der Waals surface area (Å²) in [6.07, 6.45) is 3.52. The lowest BCUT2D eigenvalue weighted by molar-refractivity contribution is 0.0517. The van der Waals surface area contributed by atoms with Gasteiger partial charge in [0, 0.05) is 20.3 Å². The van der Waals surface area contributed by atoms with E-state index in [9.17, 15) is 9.18 Å². The number of aromatic nitrogens is 4. The van der Waals surface area contributed by atoms with Crippen LogP contribution in [0.5, 0.6) is 0 Å². The number of hydrogen-bond donors (Lipinski definition) is 0. The molecule has 0 saturated carbocycles. The molecule has 0 saturated heterocycles. The Bertz CT molecular complexity index is 1010. The Balaban J connectivity index is 2.25. The Labute approximate surface area is 156 Å². The fourth-order valence-corrected chi connectivity index (χ4v) is 2.69. The number of benzene rings is 1. The van der Waals surface area contributed by atoms with Crippen molar-refractivity contribution in [2.45, 2.75) is 13.8 Å². The SMILES string of the molecule is CCOC(=O)c1nnc2c(-c3ccc(F)cc3)c(C)nn2c1/C=C/N(C)C. The van der Waals surface area contributed by atoms with Crippen molar-refractivity contribution < 1.29 is 13.9 Å². The van der Waals surface area contributed by atoms with Crippen LogP contribution in [0.4, 0.5) is 4.39 Å². The Morgan fingerprint density at radius 2 is 1.96 bits per heavy atom. The topological polar surface area (TPSA) is 72.6 Å². The Kier molecular flexibility index (Phi) is 5.16. The lowest BCUT2D eigenvalue weighted by Crippen LogP contribution is -2.14. The van der Waals surface area contributed by atoms with Crippen molar-refractivity contribution in [3.63, 3.8) is 0 Å². The minimum absolute atomic E-state index is 0.0793. The van der Waals surface area contributed by atoms with Crippen LogP contribution >= 0.6 is 0 Å². The quantitative estimate of drug-likeness (QED) is 0.644. The number of aryl methyl sites for hydroxylation is 1. The average Bonchev–Trinajstić information content (AvgIpc) is 2.96. The third-order valence-corrected chi connectivity index (χ3v) is 3.88. The van der Waals surface area contributed by atoms with Gasteiger partial charge in [0.25, 0.3) is 0 Å². The number of fused-ring (bicyclic) bond motifs is 1. The Morgan fingerprint density at radius 1 is 1.26 bits per heavy atom. The molecule has 7 nitrogen and oxygen atoms in total. The normalized spacial score (nSPS) is 11.3. The van der Waals surface area contributed by atoms with E-state index in [-0.39, 0.29) is 18.1 Å². The Hall–Kier alpha value is -3.29.